The van der Waals surface area contributed by atoms with Crippen molar-refractivity contribution in [3.05, 3.63) is 34.2 Å². The predicted molar refractivity (Wildman–Crippen MR) is 82.3 cm³/mol. The summed E-state index contributed by atoms with van der Waals surface area (Å²) in [5.74, 6) is 1.20. The summed E-state index contributed by atoms with van der Waals surface area (Å²) in [6.45, 7) is 6.98. The van der Waals surface area contributed by atoms with Gasteiger partial charge in [0, 0.05) is 11.3 Å². The molecule has 1 aliphatic rings. The Morgan fingerprint density at radius 3 is 3.16 bits per heavy atom. The minimum Gasteiger partial charge on any atom is -0.381 e. The van der Waals surface area contributed by atoms with Gasteiger partial charge in [-0.25, -0.2) is 4.68 Å². The normalized spacial score (nSPS) is 22.4. The predicted octanol–water partition coefficient (Wildman–Crippen LogP) is 2.78. The summed E-state index contributed by atoms with van der Waals surface area (Å²) in [6.07, 6.45) is 5.66. The van der Waals surface area contributed by atoms with Gasteiger partial charge < -0.3 is 5.32 Å². The molecule has 0 amide bonds. The van der Waals surface area contributed by atoms with E-state index in [1.165, 1.54) is 23.3 Å². The lowest BCUT2D eigenvalue weighted by Crippen LogP contribution is -2.29. The summed E-state index contributed by atoms with van der Waals surface area (Å²) in [5, 5.41) is 7.52. The zero-order valence-corrected chi connectivity index (χ0v) is 12.6. The Morgan fingerprint density at radius 1 is 1.74 bits per heavy atom. The Labute approximate surface area is 122 Å². The average molecular weight is 300 g/mol. The van der Waals surface area contributed by atoms with Gasteiger partial charge in [-0.15, -0.1) is 6.58 Å². The van der Waals surface area contributed by atoms with Crippen LogP contribution in [0.15, 0.2) is 23.6 Å². The lowest BCUT2D eigenvalue weighted by atomic mass is 10.1. The van der Waals surface area contributed by atoms with Crippen molar-refractivity contribution in [1.29, 1.82) is 0 Å². The summed E-state index contributed by atoms with van der Waals surface area (Å²) in [4.78, 5) is 11.9. The van der Waals surface area contributed by atoms with Crippen LogP contribution in [0.2, 0.25) is 5.02 Å². The monoisotopic (exact) mass is 299 g/mol. The van der Waals surface area contributed by atoms with Crippen molar-refractivity contribution in [3.8, 4) is 0 Å². The molecule has 1 atom stereocenters. The summed E-state index contributed by atoms with van der Waals surface area (Å²) < 4.78 is 1.52. The van der Waals surface area contributed by atoms with Crippen LogP contribution in [0.5, 0.6) is 0 Å². The van der Waals surface area contributed by atoms with Crippen LogP contribution >= 0.6 is 23.4 Å². The second kappa shape index (κ2) is 6.01. The van der Waals surface area contributed by atoms with E-state index in [2.05, 4.69) is 23.9 Å². The number of halogens is 1. The molecular weight excluding hydrogens is 282 g/mol. The van der Waals surface area contributed by atoms with Crippen molar-refractivity contribution in [2.45, 2.75) is 31.1 Å². The van der Waals surface area contributed by atoms with Crippen molar-refractivity contribution in [3.63, 3.8) is 0 Å². The highest BCUT2D eigenvalue weighted by molar-refractivity contribution is 8.00. The number of thioether (sulfide) groups is 1. The molecule has 0 saturated carbocycles. The molecule has 0 spiro atoms. The van der Waals surface area contributed by atoms with Gasteiger partial charge >= 0.3 is 0 Å². The van der Waals surface area contributed by atoms with Gasteiger partial charge in [0.1, 0.15) is 5.02 Å². The van der Waals surface area contributed by atoms with Crippen molar-refractivity contribution < 1.29 is 0 Å². The molecule has 2 heterocycles. The smallest absolute Gasteiger partial charge is 0.287 e. The topological polar surface area (TPSA) is 46.9 Å². The van der Waals surface area contributed by atoms with E-state index in [-0.39, 0.29) is 15.3 Å². The third-order valence-corrected chi connectivity index (χ3v) is 5.14. The second-order valence-corrected chi connectivity index (χ2v) is 6.96. The van der Waals surface area contributed by atoms with Crippen LogP contribution in [0.3, 0.4) is 0 Å². The molecule has 1 fully saturated rings. The van der Waals surface area contributed by atoms with Gasteiger partial charge in [0.25, 0.3) is 5.56 Å². The summed E-state index contributed by atoms with van der Waals surface area (Å²) in [6, 6.07) is 0. The molecule has 1 saturated heterocycles. The number of anilines is 1. The number of hydrogen-bond acceptors (Lipinski definition) is 4. The highest BCUT2D eigenvalue weighted by Crippen LogP contribution is 2.37. The van der Waals surface area contributed by atoms with E-state index in [1.54, 1.807) is 12.3 Å². The maximum Gasteiger partial charge on any atom is 0.287 e. The number of hydrogen-bond donors (Lipinski definition) is 1. The van der Waals surface area contributed by atoms with Gasteiger partial charge in [0.2, 0.25) is 0 Å². The van der Waals surface area contributed by atoms with Gasteiger partial charge in [-0.2, -0.15) is 16.9 Å². The van der Waals surface area contributed by atoms with E-state index in [9.17, 15) is 4.79 Å². The van der Waals surface area contributed by atoms with Crippen LogP contribution in [0.1, 0.15) is 19.8 Å². The molecule has 1 aromatic rings. The molecule has 0 radical (unpaired) electrons. The van der Waals surface area contributed by atoms with Gasteiger partial charge in [-0.1, -0.05) is 17.7 Å². The Balaban J connectivity index is 2.11. The molecule has 1 unspecified atom stereocenters. The van der Waals surface area contributed by atoms with Crippen LogP contribution in [0.4, 0.5) is 5.69 Å². The quantitative estimate of drug-likeness (QED) is 0.849. The van der Waals surface area contributed by atoms with Crippen LogP contribution < -0.4 is 10.9 Å². The molecule has 1 aromatic heterocycles. The maximum atomic E-state index is 11.9. The van der Waals surface area contributed by atoms with Crippen molar-refractivity contribution in [1.82, 2.24) is 9.78 Å². The summed E-state index contributed by atoms with van der Waals surface area (Å²) >= 11 is 8.05. The van der Waals surface area contributed by atoms with E-state index in [0.717, 1.165) is 6.54 Å². The van der Waals surface area contributed by atoms with Crippen molar-refractivity contribution in [2.24, 2.45) is 0 Å². The Kier molecular flexibility index (Phi) is 4.58. The number of allylic oxidation sites excluding steroid dienone is 1. The number of nitrogens with one attached hydrogen (secondary N) is 1. The lowest BCUT2D eigenvalue weighted by Gasteiger charge is -2.23. The fourth-order valence-electron chi connectivity index (χ4n) is 2.10. The first-order valence-electron chi connectivity index (χ1n) is 6.30. The molecule has 0 aromatic carbocycles. The number of rotatable bonds is 5. The molecule has 1 N–H and O–H groups in total. The highest BCUT2D eigenvalue weighted by atomic mass is 35.5. The fraction of sp³-hybridized carbons (Fsp3) is 0.538. The third-order valence-electron chi connectivity index (χ3n) is 3.24. The molecule has 104 valence electrons. The first-order chi connectivity index (χ1) is 9.06. The minimum absolute atomic E-state index is 0.198. The standard InChI is InChI=1S/C13H18ClN3OS/c1-3-6-17-12(18)11(14)10(8-16-17)15-9-13(2)5-4-7-19-13/h3,8,15H,1,4-7,9H2,2H3. The Hall–Kier alpha value is -0.940. The molecule has 6 heteroatoms. The lowest BCUT2D eigenvalue weighted by molar-refractivity contribution is 0.630. The molecule has 1 aliphatic heterocycles. The van der Waals surface area contributed by atoms with Crippen molar-refractivity contribution in [2.75, 3.05) is 17.6 Å². The molecular formula is C13H18ClN3OS. The zero-order chi connectivity index (χ0) is 13.9. The van der Waals surface area contributed by atoms with Crippen LogP contribution in [-0.2, 0) is 6.54 Å². The van der Waals surface area contributed by atoms with Crippen LogP contribution in [0, 0.1) is 0 Å². The zero-order valence-electron chi connectivity index (χ0n) is 11.0. The fourth-order valence-corrected chi connectivity index (χ4v) is 3.56. The van der Waals surface area contributed by atoms with Crippen molar-refractivity contribution >= 4 is 29.1 Å². The average Bonchev–Trinajstić information content (AvgIpc) is 2.82. The molecule has 0 bridgehead atoms. The largest absolute Gasteiger partial charge is 0.381 e. The maximum absolute atomic E-state index is 11.9. The molecule has 4 nitrogen and oxygen atoms in total. The second-order valence-electron chi connectivity index (χ2n) is 4.90. The van der Waals surface area contributed by atoms with Crippen LogP contribution in [0.25, 0.3) is 0 Å². The van der Waals surface area contributed by atoms with Crippen LogP contribution in [-0.4, -0.2) is 26.8 Å². The van der Waals surface area contributed by atoms with E-state index in [4.69, 9.17) is 11.6 Å². The molecule has 2 rings (SSSR count). The summed E-state index contributed by atoms with van der Waals surface area (Å²) in [7, 11) is 0. The number of aromatic nitrogens is 2. The SMILES string of the molecule is C=CCn1ncc(NCC2(C)CCCS2)c(Cl)c1=O. The Morgan fingerprint density at radius 2 is 2.53 bits per heavy atom. The van der Waals surface area contributed by atoms with E-state index < -0.39 is 0 Å². The molecule has 0 aliphatic carbocycles. The van der Waals surface area contributed by atoms with E-state index >= 15 is 0 Å². The van der Waals surface area contributed by atoms with Gasteiger partial charge in [-0.3, -0.25) is 4.79 Å². The van der Waals surface area contributed by atoms with Gasteiger partial charge in [-0.05, 0) is 25.5 Å². The Bertz CT molecular complexity index is 523. The van der Waals surface area contributed by atoms with Gasteiger partial charge in [0.05, 0.1) is 18.4 Å². The van der Waals surface area contributed by atoms with E-state index in [1.807, 2.05) is 11.8 Å². The third kappa shape index (κ3) is 3.34. The molecule has 19 heavy (non-hydrogen) atoms. The highest BCUT2D eigenvalue weighted by Gasteiger charge is 2.29. The van der Waals surface area contributed by atoms with E-state index in [0.29, 0.717) is 12.2 Å². The minimum atomic E-state index is -0.282. The number of nitrogens with zero attached hydrogens (tertiary/aromatic N) is 2. The first-order valence-corrected chi connectivity index (χ1v) is 7.66. The summed E-state index contributed by atoms with van der Waals surface area (Å²) in [5.41, 5.74) is 0.330. The van der Waals surface area contributed by atoms with Gasteiger partial charge in [0.15, 0.2) is 0 Å². The first kappa shape index (κ1) is 14.5.